The Labute approximate surface area is 210 Å². The fourth-order valence-electron chi connectivity index (χ4n) is 4.56. The normalized spacial score (nSPS) is 17.5. The summed E-state index contributed by atoms with van der Waals surface area (Å²) in [6, 6.07) is 20.7. The Kier molecular flexibility index (Phi) is 7.54. The number of piperazine rings is 1. The predicted octanol–water partition coefficient (Wildman–Crippen LogP) is 2.99. The van der Waals surface area contributed by atoms with E-state index in [4.69, 9.17) is 4.74 Å². The number of carbonyl (C=O) groups is 1. The van der Waals surface area contributed by atoms with Gasteiger partial charge in [0.05, 0.1) is 25.0 Å². The minimum Gasteiger partial charge on any atom is -0.378 e. The molecule has 2 saturated heterocycles. The van der Waals surface area contributed by atoms with Crippen LogP contribution in [-0.2, 0) is 16.1 Å². The number of morpholine rings is 1. The molecule has 0 radical (unpaired) electrons. The van der Waals surface area contributed by atoms with Gasteiger partial charge in [-0.25, -0.2) is 0 Å². The van der Waals surface area contributed by atoms with Gasteiger partial charge in [0.25, 0.3) is 0 Å². The number of rotatable bonds is 7. The third kappa shape index (κ3) is 5.62. The molecule has 9 heteroatoms. The molecule has 2 aliphatic rings. The first kappa shape index (κ1) is 23.7. The zero-order chi connectivity index (χ0) is 24.0. The molecular weight excluding hydrogens is 460 g/mol. The maximum Gasteiger partial charge on any atom is 0.236 e. The van der Waals surface area contributed by atoms with E-state index in [1.54, 1.807) is 0 Å². The largest absolute Gasteiger partial charge is 0.378 e. The van der Waals surface area contributed by atoms with Crippen molar-refractivity contribution >= 4 is 29.3 Å². The number of ether oxygens (including phenoxy) is 1. The van der Waals surface area contributed by atoms with E-state index in [1.165, 1.54) is 23.0 Å². The van der Waals surface area contributed by atoms with Crippen molar-refractivity contribution in [2.75, 3.05) is 62.3 Å². The highest BCUT2D eigenvalue weighted by molar-refractivity contribution is 8.00. The SMILES string of the molecule is CC(Sc1nnc(N2CCOCC2)n1Cc1ccccc1)C(=O)N1CCN(c2ccccc2)CC1. The molecule has 0 saturated carbocycles. The Balaban J connectivity index is 1.27. The van der Waals surface area contributed by atoms with Gasteiger partial charge >= 0.3 is 0 Å². The molecule has 1 aromatic heterocycles. The van der Waals surface area contributed by atoms with Crippen molar-refractivity contribution in [3.63, 3.8) is 0 Å². The maximum absolute atomic E-state index is 13.3. The molecule has 0 bridgehead atoms. The molecule has 0 N–H and O–H groups in total. The monoisotopic (exact) mass is 492 g/mol. The summed E-state index contributed by atoms with van der Waals surface area (Å²) in [7, 11) is 0. The number of aromatic nitrogens is 3. The van der Waals surface area contributed by atoms with E-state index in [2.05, 4.69) is 61.0 Å². The lowest BCUT2D eigenvalue weighted by molar-refractivity contribution is -0.130. The Hall–Kier alpha value is -3.04. The van der Waals surface area contributed by atoms with Crippen molar-refractivity contribution in [1.29, 1.82) is 0 Å². The van der Waals surface area contributed by atoms with Crippen molar-refractivity contribution in [3.8, 4) is 0 Å². The number of nitrogens with zero attached hydrogens (tertiary/aromatic N) is 6. The first-order chi connectivity index (χ1) is 17.2. The number of benzene rings is 2. The average Bonchev–Trinajstić information content (AvgIpc) is 3.31. The minimum absolute atomic E-state index is 0.157. The Bertz CT molecular complexity index is 1100. The van der Waals surface area contributed by atoms with E-state index in [9.17, 15) is 4.79 Å². The highest BCUT2D eigenvalue weighted by atomic mass is 32.2. The Morgan fingerprint density at radius 2 is 1.54 bits per heavy atom. The van der Waals surface area contributed by atoms with Crippen molar-refractivity contribution in [2.45, 2.75) is 23.9 Å². The van der Waals surface area contributed by atoms with E-state index in [-0.39, 0.29) is 11.2 Å². The number of amides is 1. The second-order valence-electron chi connectivity index (χ2n) is 8.86. The summed E-state index contributed by atoms with van der Waals surface area (Å²) in [5.41, 5.74) is 2.39. The van der Waals surface area contributed by atoms with Gasteiger partial charge in [-0.3, -0.25) is 9.36 Å². The van der Waals surface area contributed by atoms with Crippen molar-refractivity contribution < 1.29 is 9.53 Å². The first-order valence-corrected chi connectivity index (χ1v) is 13.1. The van der Waals surface area contributed by atoms with E-state index < -0.39 is 0 Å². The number of hydrogen-bond acceptors (Lipinski definition) is 7. The number of anilines is 2. The number of carbonyl (C=O) groups excluding carboxylic acids is 1. The number of para-hydroxylation sites is 1. The second kappa shape index (κ2) is 11.1. The molecule has 35 heavy (non-hydrogen) atoms. The van der Waals surface area contributed by atoms with Crippen LogP contribution in [0.1, 0.15) is 12.5 Å². The molecule has 2 aromatic carbocycles. The summed E-state index contributed by atoms with van der Waals surface area (Å²) in [6.07, 6.45) is 0. The van der Waals surface area contributed by atoms with Gasteiger partial charge in [-0.2, -0.15) is 0 Å². The summed E-state index contributed by atoms with van der Waals surface area (Å²) in [4.78, 5) is 19.9. The third-order valence-corrected chi connectivity index (χ3v) is 7.59. The first-order valence-electron chi connectivity index (χ1n) is 12.2. The highest BCUT2D eigenvalue weighted by Gasteiger charge is 2.28. The van der Waals surface area contributed by atoms with Crippen LogP contribution in [0.4, 0.5) is 11.6 Å². The van der Waals surface area contributed by atoms with Crippen LogP contribution in [0.2, 0.25) is 0 Å². The van der Waals surface area contributed by atoms with Gasteiger partial charge in [-0.15, -0.1) is 10.2 Å². The molecule has 3 heterocycles. The molecule has 3 aromatic rings. The van der Waals surface area contributed by atoms with Gasteiger partial charge in [-0.05, 0) is 24.6 Å². The molecule has 0 spiro atoms. The highest BCUT2D eigenvalue weighted by Crippen LogP contribution is 2.28. The summed E-state index contributed by atoms with van der Waals surface area (Å²) < 4.78 is 7.67. The van der Waals surface area contributed by atoms with Crippen LogP contribution in [0.25, 0.3) is 0 Å². The summed E-state index contributed by atoms with van der Waals surface area (Å²) >= 11 is 1.50. The minimum atomic E-state index is -0.241. The molecule has 2 fully saturated rings. The Morgan fingerprint density at radius 3 is 2.23 bits per heavy atom. The lowest BCUT2D eigenvalue weighted by atomic mass is 10.2. The molecule has 184 valence electrons. The smallest absolute Gasteiger partial charge is 0.236 e. The topological polar surface area (TPSA) is 66.7 Å². The van der Waals surface area contributed by atoms with Gasteiger partial charge < -0.3 is 19.4 Å². The molecule has 5 rings (SSSR count). The molecule has 1 atom stereocenters. The van der Waals surface area contributed by atoms with Gasteiger partial charge in [-0.1, -0.05) is 60.3 Å². The van der Waals surface area contributed by atoms with E-state index >= 15 is 0 Å². The van der Waals surface area contributed by atoms with Gasteiger partial charge in [0.1, 0.15) is 0 Å². The predicted molar refractivity (Wildman–Crippen MR) is 139 cm³/mol. The van der Waals surface area contributed by atoms with Crippen molar-refractivity contribution in [1.82, 2.24) is 19.7 Å². The lowest BCUT2D eigenvalue weighted by Gasteiger charge is -2.37. The van der Waals surface area contributed by atoms with Crippen LogP contribution in [0.15, 0.2) is 65.8 Å². The number of hydrogen-bond donors (Lipinski definition) is 0. The third-order valence-electron chi connectivity index (χ3n) is 6.52. The average molecular weight is 493 g/mol. The van der Waals surface area contributed by atoms with E-state index in [0.717, 1.165) is 50.4 Å². The van der Waals surface area contributed by atoms with Gasteiger partial charge in [0, 0.05) is 45.0 Å². The van der Waals surface area contributed by atoms with Crippen LogP contribution in [0, 0.1) is 0 Å². The summed E-state index contributed by atoms with van der Waals surface area (Å²) in [5.74, 6) is 1.00. The van der Waals surface area contributed by atoms with E-state index in [0.29, 0.717) is 19.8 Å². The second-order valence-corrected chi connectivity index (χ2v) is 10.2. The molecule has 2 aliphatic heterocycles. The standard InChI is InChI=1S/C26H32N6O2S/c1-21(24(33)30-14-12-29(13-15-30)23-10-6-3-7-11-23)35-26-28-27-25(31-16-18-34-19-17-31)32(26)20-22-8-4-2-5-9-22/h2-11,21H,12-20H2,1H3. The quantitative estimate of drug-likeness (QED) is 0.470. The van der Waals surface area contributed by atoms with Gasteiger partial charge in [0.2, 0.25) is 11.9 Å². The van der Waals surface area contributed by atoms with Crippen LogP contribution < -0.4 is 9.80 Å². The molecule has 8 nitrogen and oxygen atoms in total. The van der Waals surface area contributed by atoms with Crippen molar-refractivity contribution in [3.05, 3.63) is 66.2 Å². The van der Waals surface area contributed by atoms with Crippen LogP contribution in [0.5, 0.6) is 0 Å². The Morgan fingerprint density at radius 1 is 0.886 bits per heavy atom. The molecular formula is C26H32N6O2S. The summed E-state index contributed by atoms with van der Waals surface area (Å²) in [6.45, 7) is 8.75. The maximum atomic E-state index is 13.3. The van der Waals surface area contributed by atoms with Crippen LogP contribution >= 0.6 is 11.8 Å². The fourth-order valence-corrected chi connectivity index (χ4v) is 5.49. The molecule has 0 aliphatic carbocycles. The van der Waals surface area contributed by atoms with Gasteiger partial charge in [0.15, 0.2) is 5.16 Å². The summed E-state index contributed by atoms with van der Waals surface area (Å²) in [5, 5.41) is 9.59. The van der Waals surface area contributed by atoms with Crippen molar-refractivity contribution in [2.24, 2.45) is 0 Å². The zero-order valence-electron chi connectivity index (χ0n) is 20.1. The fraction of sp³-hybridized carbons (Fsp3) is 0.423. The molecule has 1 amide bonds. The zero-order valence-corrected chi connectivity index (χ0v) is 20.9. The number of thioether (sulfide) groups is 1. The van der Waals surface area contributed by atoms with Crippen LogP contribution in [0.3, 0.4) is 0 Å². The lowest BCUT2D eigenvalue weighted by Crippen LogP contribution is -2.50. The van der Waals surface area contributed by atoms with E-state index in [1.807, 2.05) is 36.1 Å². The molecule has 1 unspecified atom stereocenters. The van der Waals surface area contributed by atoms with Crippen LogP contribution in [-0.4, -0.2) is 83.3 Å².